The molecule has 0 bridgehead atoms. The molecule has 4 rings (SSSR count). The fraction of sp³-hybridized carbons (Fsp3) is 0.611. The van der Waals surface area contributed by atoms with Crippen molar-refractivity contribution in [3.8, 4) is 0 Å². The zero-order valence-electron chi connectivity index (χ0n) is 15.6. The highest BCUT2D eigenvalue weighted by Crippen LogP contribution is 2.21. The van der Waals surface area contributed by atoms with Gasteiger partial charge in [0.15, 0.2) is 0 Å². The Morgan fingerprint density at radius 1 is 1.04 bits per heavy atom. The van der Waals surface area contributed by atoms with E-state index in [4.69, 9.17) is 9.90 Å². The average Bonchev–Trinajstić information content (AvgIpc) is 3.42. The molecule has 2 fully saturated rings. The number of carboxylic acid groups (broad SMARTS) is 1. The van der Waals surface area contributed by atoms with Crippen molar-refractivity contribution in [1.82, 2.24) is 29.9 Å². The van der Waals surface area contributed by atoms with Gasteiger partial charge in [-0.05, 0) is 42.9 Å². The zero-order chi connectivity index (χ0) is 18.9. The van der Waals surface area contributed by atoms with Gasteiger partial charge in [0, 0.05) is 44.1 Å². The molecule has 2 aliphatic heterocycles. The van der Waals surface area contributed by atoms with Crippen LogP contribution >= 0.6 is 11.3 Å². The summed E-state index contributed by atoms with van der Waals surface area (Å²) in [4.78, 5) is 21.7. The predicted molar refractivity (Wildman–Crippen MR) is 104 cm³/mol. The van der Waals surface area contributed by atoms with Gasteiger partial charge in [0.25, 0.3) is 6.47 Å². The van der Waals surface area contributed by atoms with Crippen LogP contribution in [0.4, 0.5) is 0 Å². The number of aromatic amines is 1. The number of hydrogen-bond donors (Lipinski definition) is 2. The molecule has 148 valence electrons. The fourth-order valence-corrected chi connectivity index (χ4v) is 4.56. The first kappa shape index (κ1) is 19.9. The lowest BCUT2D eigenvalue weighted by molar-refractivity contribution is -0.122. The van der Waals surface area contributed by atoms with E-state index in [2.05, 4.69) is 41.3 Å². The second-order valence-electron chi connectivity index (χ2n) is 6.99. The van der Waals surface area contributed by atoms with Gasteiger partial charge in [-0.2, -0.15) is 5.10 Å². The molecule has 9 heteroatoms. The lowest BCUT2D eigenvalue weighted by Gasteiger charge is -2.33. The molecule has 2 N–H and O–H groups in total. The van der Waals surface area contributed by atoms with Crippen LogP contribution in [-0.4, -0.2) is 80.7 Å². The van der Waals surface area contributed by atoms with E-state index in [9.17, 15) is 0 Å². The normalized spacial score (nSPS) is 19.0. The lowest BCUT2D eigenvalue weighted by Crippen LogP contribution is -2.45. The van der Waals surface area contributed by atoms with Gasteiger partial charge in [0.05, 0.1) is 6.54 Å². The summed E-state index contributed by atoms with van der Waals surface area (Å²) < 4.78 is 0. The molecule has 0 aliphatic carbocycles. The molecule has 0 spiro atoms. The summed E-state index contributed by atoms with van der Waals surface area (Å²) in [5.41, 5.74) is 1.50. The van der Waals surface area contributed by atoms with Crippen molar-refractivity contribution in [1.29, 1.82) is 0 Å². The zero-order valence-corrected chi connectivity index (χ0v) is 16.4. The Morgan fingerprint density at radius 3 is 2.30 bits per heavy atom. The molecule has 0 aromatic carbocycles. The quantitative estimate of drug-likeness (QED) is 0.720. The van der Waals surface area contributed by atoms with Crippen LogP contribution in [0.25, 0.3) is 0 Å². The number of thiophene rings is 1. The van der Waals surface area contributed by atoms with E-state index in [1.165, 1.54) is 36.4 Å². The third kappa shape index (κ3) is 6.39. The van der Waals surface area contributed by atoms with Crippen molar-refractivity contribution in [2.75, 3.05) is 39.3 Å². The van der Waals surface area contributed by atoms with Crippen LogP contribution in [0.3, 0.4) is 0 Å². The molecule has 4 heterocycles. The van der Waals surface area contributed by atoms with Gasteiger partial charge in [0.2, 0.25) is 0 Å². The number of rotatable bonds is 6. The molecule has 2 aliphatic rings. The molecule has 27 heavy (non-hydrogen) atoms. The van der Waals surface area contributed by atoms with E-state index in [1.54, 1.807) is 6.33 Å². The van der Waals surface area contributed by atoms with Gasteiger partial charge in [-0.3, -0.25) is 24.6 Å². The Kier molecular flexibility index (Phi) is 7.76. The van der Waals surface area contributed by atoms with E-state index in [-0.39, 0.29) is 6.47 Å². The summed E-state index contributed by atoms with van der Waals surface area (Å²) in [5.74, 6) is 0.966. The smallest absolute Gasteiger partial charge is 0.290 e. The van der Waals surface area contributed by atoms with Gasteiger partial charge in [-0.25, -0.2) is 4.98 Å². The highest BCUT2D eigenvalue weighted by atomic mass is 32.1. The van der Waals surface area contributed by atoms with E-state index in [0.717, 1.165) is 51.6 Å². The summed E-state index contributed by atoms with van der Waals surface area (Å²) in [6.45, 7) is 9.90. The number of likely N-dealkylation sites (tertiary alicyclic amines) is 1. The van der Waals surface area contributed by atoms with Crippen molar-refractivity contribution in [2.45, 2.75) is 32.5 Å². The molecule has 0 radical (unpaired) electrons. The Morgan fingerprint density at radius 2 is 1.67 bits per heavy atom. The first-order chi connectivity index (χ1) is 13.3. The predicted octanol–water partition coefficient (Wildman–Crippen LogP) is 1.48. The van der Waals surface area contributed by atoms with E-state index in [1.807, 2.05) is 11.3 Å². The lowest BCUT2D eigenvalue weighted by atomic mass is 10.2. The topological polar surface area (TPSA) is 88.6 Å². The molecule has 0 atom stereocenters. The maximum Gasteiger partial charge on any atom is 0.290 e. The number of H-pyrrole nitrogens is 1. The molecular formula is C18H28N6O2S. The number of piperazine rings is 1. The molecule has 2 saturated heterocycles. The van der Waals surface area contributed by atoms with Crippen LogP contribution in [0.15, 0.2) is 17.8 Å². The third-order valence-corrected chi connectivity index (χ3v) is 5.97. The van der Waals surface area contributed by atoms with Crippen molar-refractivity contribution in [3.05, 3.63) is 34.0 Å². The molecule has 2 aromatic heterocycles. The Hall–Kier alpha value is -1.81. The highest BCUT2D eigenvalue weighted by Gasteiger charge is 2.19. The summed E-state index contributed by atoms with van der Waals surface area (Å²) >= 11 is 1.93. The van der Waals surface area contributed by atoms with Gasteiger partial charge in [-0.1, -0.05) is 0 Å². The van der Waals surface area contributed by atoms with Crippen LogP contribution in [-0.2, 0) is 24.4 Å². The molecule has 0 amide bonds. The molecule has 0 saturated carbocycles. The largest absolute Gasteiger partial charge is 0.483 e. The van der Waals surface area contributed by atoms with Gasteiger partial charge < -0.3 is 5.11 Å². The molecule has 2 aromatic rings. The first-order valence-electron chi connectivity index (χ1n) is 9.42. The van der Waals surface area contributed by atoms with E-state index in [0.29, 0.717) is 0 Å². The van der Waals surface area contributed by atoms with Crippen LogP contribution in [0, 0.1) is 0 Å². The highest BCUT2D eigenvalue weighted by molar-refractivity contribution is 7.10. The van der Waals surface area contributed by atoms with Crippen LogP contribution < -0.4 is 0 Å². The second-order valence-corrected chi connectivity index (χ2v) is 7.99. The molecule has 8 nitrogen and oxygen atoms in total. The minimum Gasteiger partial charge on any atom is -0.483 e. The molecule has 0 unspecified atom stereocenters. The monoisotopic (exact) mass is 392 g/mol. The summed E-state index contributed by atoms with van der Waals surface area (Å²) in [7, 11) is 0. The van der Waals surface area contributed by atoms with E-state index < -0.39 is 0 Å². The minimum atomic E-state index is -0.250. The summed E-state index contributed by atoms with van der Waals surface area (Å²) in [5, 5.41) is 16.1. The molecular weight excluding hydrogens is 364 g/mol. The average molecular weight is 393 g/mol. The van der Waals surface area contributed by atoms with Crippen LogP contribution in [0.1, 0.15) is 29.1 Å². The SMILES string of the molecule is O=CO.c1n[nH]c(CN2CCN(Cc3cc(CN4CCCC4)cs3)CC2)n1. The number of nitrogens with zero attached hydrogens (tertiary/aromatic N) is 5. The summed E-state index contributed by atoms with van der Waals surface area (Å²) in [6, 6.07) is 2.42. The maximum atomic E-state index is 8.36. The van der Waals surface area contributed by atoms with Crippen molar-refractivity contribution in [3.63, 3.8) is 0 Å². The van der Waals surface area contributed by atoms with Crippen LogP contribution in [0.5, 0.6) is 0 Å². The van der Waals surface area contributed by atoms with E-state index >= 15 is 0 Å². The third-order valence-electron chi connectivity index (χ3n) is 5.00. The van der Waals surface area contributed by atoms with Gasteiger partial charge in [0.1, 0.15) is 12.2 Å². The van der Waals surface area contributed by atoms with Gasteiger partial charge >= 0.3 is 0 Å². The Balaban J connectivity index is 0.000000659. The summed E-state index contributed by atoms with van der Waals surface area (Å²) in [6.07, 6.45) is 4.33. The first-order valence-corrected chi connectivity index (χ1v) is 10.3. The van der Waals surface area contributed by atoms with Crippen LogP contribution in [0.2, 0.25) is 0 Å². The minimum absolute atomic E-state index is 0.250. The second kappa shape index (κ2) is 10.5. The van der Waals surface area contributed by atoms with Crippen molar-refractivity contribution >= 4 is 17.8 Å². The number of hydrogen-bond acceptors (Lipinski definition) is 7. The number of carbonyl (C=O) groups is 1. The Bertz CT molecular complexity index is 663. The number of aromatic nitrogens is 3. The number of nitrogens with one attached hydrogen (secondary N) is 1. The van der Waals surface area contributed by atoms with Crippen molar-refractivity contribution < 1.29 is 9.90 Å². The van der Waals surface area contributed by atoms with Crippen molar-refractivity contribution in [2.24, 2.45) is 0 Å². The van der Waals surface area contributed by atoms with Gasteiger partial charge in [-0.15, -0.1) is 11.3 Å². The Labute approximate surface area is 163 Å². The maximum absolute atomic E-state index is 8.36. The standard InChI is InChI=1S/C17H26N6S.CH2O2/c1-2-4-21(3-1)10-15-9-16(24-13-15)11-22-5-7-23(8-6-22)12-17-18-14-19-20-17;2-1-3/h9,13-14H,1-8,10-12H2,(H,18,19,20);1H,(H,2,3). The fourth-order valence-electron chi connectivity index (χ4n) is 3.64.